The van der Waals surface area contributed by atoms with Crippen LogP contribution in [0.15, 0.2) is 32.8 Å². The van der Waals surface area contributed by atoms with Crippen molar-refractivity contribution in [3.8, 4) is 0 Å². The number of nitrogens with zero attached hydrogens (tertiary/aromatic N) is 2. The van der Waals surface area contributed by atoms with E-state index in [9.17, 15) is 27.9 Å². The number of rotatable bonds is 2. The van der Waals surface area contributed by atoms with Gasteiger partial charge in [0.2, 0.25) is 0 Å². The molecule has 4 aliphatic rings. The SMILES string of the molecule is CC1(OC(=O)C(F)(F)F)C2=C3C4=NC/C3=C/C=N[C@H](C[C@@H]1C4)[C@H](C(=O)O)C2. The quantitative estimate of drug-likeness (QED) is 0.744. The molecule has 0 saturated heterocycles. The number of fused-ring (bicyclic) bond motifs is 3. The zero-order valence-corrected chi connectivity index (χ0v) is 14.4. The van der Waals surface area contributed by atoms with Gasteiger partial charge in [-0.3, -0.25) is 14.8 Å². The van der Waals surface area contributed by atoms with Gasteiger partial charge in [-0.05, 0) is 43.4 Å². The van der Waals surface area contributed by atoms with E-state index in [1.165, 1.54) is 6.92 Å². The first-order chi connectivity index (χ1) is 12.6. The van der Waals surface area contributed by atoms with E-state index in [0.29, 0.717) is 24.1 Å². The van der Waals surface area contributed by atoms with Gasteiger partial charge in [0, 0.05) is 23.4 Å². The molecule has 2 heterocycles. The summed E-state index contributed by atoms with van der Waals surface area (Å²) in [7, 11) is 0. The molecule has 0 aromatic carbocycles. The number of aliphatic imine (C=N–C) groups is 2. The van der Waals surface area contributed by atoms with Crippen LogP contribution in [0.1, 0.15) is 26.2 Å². The van der Waals surface area contributed by atoms with Crippen molar-refractivity contribution in [2.45, 2.75) is 44.0 Å². The van der Waals surface area contributed by atoms with Crippen molar-refractivity contribution in [1.82, 2.24) is 0 Å². The Hall–Kier alpha value is -2.45. The summed E-state index contributed by atoms with van der Waals surface area (Å²) in [6.07, 6.45) is -1.34. The summed E-state index contributed by atoms with van der Waals surface area (Å²) in [5.74, 6) is -4.75. The molecule has 4 atom stereocenters. The fraction of sp³-hybridized carbons (Fsp3) is 0.556. The standard InChI is InChI=1S/C18H17F3N2O4/c1-17(27-16(26)18(19,20)21)9-4-12-10(15(24)25)6-11(17)14-8(2-3-22-12)7-23-13(14)5-9/h2-3,9-10,12H,4-7H2,1H3,(H,24,25)/b8-2-,22-3?/t9-,10-,12-,17?/m1/s1. The molecule has 1 unspecified atom stereocenters. The lowest BCUT2D eigenvalue weighted by molar-refractivity contribution is -0.213. The molecule has 2 aliphatic heterocycles. The van der Waals surface area contributed by atoms with Crippen LogP contribution in [0.25, 0.3) is 0 Å². The lowest BCUT2D eigenvalue weighted by Crippen LogP contribution is -2.48. The highest BCUT2D eigenvalue weighted by atomic mass is 19.4. The molecule has 9 heteroatoms. The van der Waals surface area contributed by atoms with Crippen LogP contribution in [-0.4, -0.2) is 53.3 Å². The Morgan fingerprint density at radius 2 is 2.07 bits per heavy atom. The minimum Gasteiger partial charge on any atom is -0.481 e. The maximum Gasteiger partial charge on any atom is 0.490 e. The van der Waals surface area contributed by atoms with Crippen molar-refractivity contribution in [3.63, 3.8) is 0 Å². The van der Waals surface area contributed by atoms with Gasteiger partial charge in [0.05, 0.1) is 18.5 Å². The molecule has 144 valence electrons. The average Bonchev–Trinajstić information content (AvgIpc) is 2.94. The fourth-order valence-corrected chi connectivity index (χ4v) is 4.60. The number of carboxylic acid groups (broad SMARTS) is 1. The summed E-state index contributed by atoms with van der Waals surface area (Å²) in [5, 5.41) is 9.68. The number of hydrogen-bond acceptors (Lipinski definition) is 5. The van der Waals surface area contributed by atoms with Crippen LogP contribution in [0, 0.1) is 11.8 Å². The van der Waals surface area contributed by atoms with Gasteiger partial charge in [0.15, 0.2) is 0 Å². The number of allylic oxidation sites excluding steroid dienone is 1. The Labute approximate surface area is 152 Å². The van der Waals surface area contributed by atoms with Gasteiger partial charge in [-0.25, -0.2) is 4.79 Å². The molecular formula is C18H17F3N2O4. The van der Waals surface area contributed by atoms with E-state index in [-0.39, 0.29) is 12.8 Å². The first-order valence-corrected chi connectivity index (χ1v) is 8.64. The highest BCUT2D eigenvalue weighted by Crippen LogP contribution is 2.52. The van der Waals surface area contributed by atoms with Crippen LogP contribution >= 0.6 is 0 Å². The molecule has 0 radical (unpaired) electrons. The Bertz CT molecular complexity index is 855. The Kier molecular flexibility index (Phi) is 3.83. The first-order valence-electron chi connectivity index (χ1n) is 8.64. The first kappa shape index (κ1) is 17.9. The molecule has 1 fully saturated rings. The van der Waals surface area contributed by atoms with E-state index in [1.807, 2.05) is 0 Å². The van der Waals surface area contributed by atoms with Gasteiger partial charge in [-0.15, -0.1) is 0 Å². The van der Waals surface area contributed by atoms with Gasteiger partial charge in [0.1, 0.15) is 5.60 Å². The Morgan fingerprint density at radius 1 is 1.33 bits per heavy atom. The number of hydrogen-bond donors (Lipinski definition) is 1. The zero-order chi connectivity index (χ0) is 19.6. The van der Waals surface area contributed by atoms with Gasteiger partial charge >= 0.3 is 18.1 Å². The van der Waals surface area contributed by atoms with Crippen molar-refractivity contribution < 1.29 is 32.6 Å². The molecular weight excluding hydrogens is 365 g/mol. The fourth-order valence-electron chi connectivity index (χ4n) is 4.60. The van der Waals surface area contributed by atoms with Crippen LogP contribution in [-0.2, 0) is 14.3 Å². The second-order valence-corrected chi connectivity index (χ2v) is 7.45. The van der Waals surface area contributed by atoms with Gasteiger partial charge < -0.3 is 9.84 Å². The summed E-state index contributed by atoms with van der Waals surface area (Å²) >= 11 is 0. The van der Waals surface area contributed by atoms with Crippen molar-refractivity contribution in [1.29, 1.82) is 0 Å². The Balaban J connectivity index is 1.91. The summed E-state index contributed by atoms with van der Waals surface area (Å²) in [6.45, 7) is 1.82. The number of ether oxygens (including phenoxy) is 1. The number of esters is 1. The molecule has 1 saturated carbocycles. The maximum absolute atomic E-state index is 12.9. The second kappa shape index (κ2) is 5.77. The molecule has 3 bridgehead atoms. The summed E-state index contributed by atoms with van der Waals surface area (Å²) in [4.78, 5) is 32.4. The topological polar surface area (TPSA) is 88.3 Å². The third-order valence-electron chi connectivity index (χ3n) is 5.99. The highest BCUT2D eigenvalue weighted by molar-refractivity contribution is 6.09. The predicted octanol–water partition coefficient (Wildman–Crippen LogP) is 2.50. The third-order valence-corrected chi connectivity index (χ3v) is 5.99. The molecule has 2 aliphatic carbocycles. The number of carbonyl (C=O) groups is 2. The molecule has 0 amide bonds. The van der Waals surface area contributed by atoms with Gasteiger partial charge in [-0.1, -0.05) is 0 Å². The van der Waals surface area contributed by atoms with Gasteiger partial charge in [0.25, 0.3) is 0 Å². The normalized spacial score (nSPS) is 36.4. The summed E-state index contributed by atoms with van der Waals surface area (Å²) in [6, 6.07) is -0.608. The summed E-state index contributed by atoms with van der Waals surface area (Å²) in [5.41, 5.74) is 1.04. The van der Waals surface area contributed by atoms with Crippen LogP contribution in [0.3, 0.4) is 0 Å². The molecule has 6 nitrogen and oxygen atoms in total. The minimum absolute atomic E-state index is 0.0266. The molecule has 0 aromatic rings. The number of carboxylic acids is 1. The molecule has 1 N–H and O–H groups in total. The maximum atomic E-state index is 12.9. The van der Waals surface area contributed by atoms with Crippen LogP contribution in [0.5, 0.6) is 0 Å². The highest BCUT2D eigenvalue weighted by Gasteiger charge is 2.56. The second-order valence-electron chi connectivity index (χ2n) is 7.45. The minimum atomic E-state index is -5.12. The van der Waals surface area contributed by atoms with E-state index in [0.717, 1.165) is 11.3 Å². The number of alkyl halides is 3. The van der Waals surface area contributed by atoms with E-state index < -0.39 is 41.6 Å². The van der Waals surface area contributed by atoms with Crippen LogP contribution in [0.2, 0.25) is 0 Å². The molecule has 27 heavy (non-hydrogen) atoms. The molecule has 0 spiro atoms. The van der Waals surface area contributed by atoms with Crippen molar-refractivity contribution in [2.24, 2.45) is 21.8 Å². The van der Waals surface area contributed by atoms with E-state index in [1.54, 1.807) is 12.3 Å². The monoisotopic (exact) mass is 382 g/mol. The third kappa shape index (κ3) is 2.71. The van der Waals surface area contributed by atoms with Gasteiger partial charge in [-0.2, -0.15) is 13.2 Å². The number of carbonyl (C=O) groups excluding carboxylic acids is 1. The van der Waals surface area contributed by atoms with E-state index >= 15 is 0 Å². The zero-order valence-electron chi connectivity index (χ0n) is 14.4. The lowest BCUT2D eigenvalue weighted by atomic mass is 9.69. The number of aliphatic carboxylic acids is 1. The van der Waals surface area contributed by atoms with Crippen molar-refractivity contribution in [2.75, 3.05) is 6.54 Å². The van der Waals surface area contributed by atoms with Crippen molar-refractivity contribution >= 4 is 23.9 Å². The van der Waals surface area contributed by atoms with Crippen molar-refractivity contribution in [3.05, 3.63) is 22.8 Å². The van der Waals surface area contributed by atoms with E-state index in [2.05, 4.69) is 9.98 Å². The molecule has 0 aromatic heterocycles. The largest absolute Gasteiger partial charge is 0.490 e. The lowest BCUT2D eigenvalue weighted by Gasteiger charge is -2.42. The average molecular weight is 382 g/mol. The smallest absolute Gasteiger partial charge is 0.481 e. The predicted molar refractivity (Wildman–Crippen MR) is 88.7 cm³/mol. The Morgan fingerprint density at radius 3 is 2.74 bits per heavy atom. The number of halogens is 3. The van der Waals surface area contributed by atoms with Crippen LogP contribution in [0.4, 0.5) is 13.2 Å². The van der Waals surface area contributed by atoms with E-state index in [4.69, 9.17) is 4.74 Å². The summed E-state index contributed by atoms with van der Waals surface area (Å²) < 4.78 is 43.8. The molecule has 4 rings (SSSR count). The van der Waals surface area contributed by atoms with Crippen LogP contribution < -0.4 is 0 Å².